The van der Waals surface area contributed by atoms with Crippen molar-refractivity contribution in [2.45, 2.75) is 36.2 Å². The summed E-state index contributed by atoms with van der Waals surface area (Å²) in [7, 11) is 0. The highest BCUT2D eigenvalue weighted by atomic mass is 32.2. The topological polar surface area (TPSA) is 47.8 Å². The van der Waals surface area contributed by atoms with Crippen LogP contribution in [0.15, 0.2) is 64.6 Å². The minimum atomic E-state index is 0.108. The van der Waals surface area contributed by atoms with Gasteiger partial charge in [0.05, 0.1) is 11.5 Å². The molecule has 0 spiro atoms. The summed E-state index contributed by atoms with van der Waals surface area (Å²) in [5, 5.41) is 9.42. The van der Waals surface area contributed by atoms with Crippen molar-refractivity contribution in [3.8, 4) is 0 Å². The van der Waals surface area contributed by atoms with Crippen molar-refractivity contribution in [2.75, 3.05) is 5.75 Å². The van der Waals surface area contributed by atoms with Gasteiger partial charge in [-0.1, -0.05) is 59.8 Å². The molecule has 0 fully saturated rings. The van der Waals surface area contributed by atoms with Crippen LogP contribution in [0.1, 0.15) is 28.7 Å². The van der Waals surface area contributed by atoms with Gasteiger partial charge in [0.1, 0.15) is 5.82 Å². The maximum atomic E-state index is 12.3. The highest BCUT2D eigenvalue weighted by molar-refractivity contribution is 7.99. The van der Waals surface area contributed by atoms with E-state index in [0.717, 1.165) is 28.8 Å². The number of thioether (sulfide) groups is 2. The zero-order valence-corrected chi connectivity index (χ0v) is 16.5. The third-order valence-corrected chi connectivity index (χ3v) is 5.90. The highest BCUT2D eigenvalue weighted by Gasteiger charge is 2.14. The first-order valence-corrected chi connectivity index (χ1v) is 10.5. The monoisotopic (exact) mass is 383 g/mol. The van der Waals surface area contributed by atoms with E-state index in [0.29, 0.717) is 5.75 Å². The molecule has 26 heavy (non-hydrogen) atoms. The van der Waals surface area contributed by atoms with Crippen LogP contribution in [0.4, 0.5) is 0 Å². The van der Waals surface area contributed by atoms with Crippen molar-refractivity contribution < 1.29 is 4.79 Å². The molecule has 0 aliphatic rings. The first-order chi connectivity index (χ1) is 12.7. The summed E-state index contributed by atoms with van der Waals surface area (Å²) in [5.41, 5.74) is 1.99. The molecule has 0 radical (unpaired) electrons. The largest absolute Gasteiger partial charge is 0.306 e. The Balaban J connectivity index is 1.62. The molecule has 0 unspecified atom stereocenters. The molecule has 134 valence electrons. The van der Waals surface area contributed by atoms with Gasteiger partial charge in [0.15, 0.2) is 10.9 Å². The number of hydrogen-bond acceptors (Lipinski definition) is 5. The van der Waals surface area contributed by atoms with Crippen LogP contribution in [0.5, 0.6) is 0 Å². The Kier molecular flexibility index (Phi) is 6.52. The van der Waals surface area contributed by atoms with Crippen LogP contribution in [0, 0.1) is 6.92 Å². The number of aryl methyl sites for hydroxylation is 1. The fraction of sp³-hybridized carbons (Fsp3) is 0.250. The number of ketones is 1. The molecule has 1 heterocycles. The maximum Gasteiger partial charge on any atom is 0.191 e. The first kappa shape index (κ1) is 18.7. The molecule has 0 saturated carbocycles. The first-order valence-electron chi connectivity index (χ1n) is 8.50. The molecule has 0 aliphatic heterocycles. The number of benzene rings is 2. The molecule has 0 atom stereocenters. The zero-order chi connectivity index (χ0) is 18.4. The number of aromatic nitrogens is 3. The van der Waals surface area contributed by atoms with Crippen molar-refractivity contribution >= 4 is 29.3 Å². The minimum absolute atomic E-state index is 0.108. The van der Waals surface area contributed by atoms with Crippen molar-refractivity contribution in [3.05, 3.63) is 71.5 Å². The van der Waals surface area contributed by atoms with Gasteiger partial charge in [0.2, 0.25) is 0 Å². The molecule has 4 nitrogen and oxygen atoms in total. The molecular weight excluding hydrogens is 362 g/mol. The molecule has 1 aromatic heterocycles. The Morgan fingerprint density at radius 3 is 2.42 bits per heavy atom. The van der Waals surface area contributed by atoms with Crippen LogP contribution in [0.25, 0.3) is 0 Å². The van der Waals surface area contributed by atoms with Gasteiger partial charge in [0, 0.05) is 17.0 Å². The van der Waals surface area contributed by atoms with Crippen LogP contribution in [0.2, 0.25) is 0 Å². The van der Waals surface area contributed by atoms with Crippen LogP contribution >= 0.6 is 23.5 Å². The summed E-state index contributed by atoms with van der Waals surface area (Å²) in [6.07, 6.45) is 0. The highest BCUT2D eigenvalue weighted by Crippen LogP contribution is 2.25. The Labute approximate surface area is 162 Å². The number of carbonyl (C=O) groups excluding carboxylic acids is 1. The second kappa shape index (κ2) is 9.05. The summed E-state index contributed by atoms with van der Waals surface area (Å²) in [5.74, 6) is 2.18. The molecule has 3 rings (SSSR count). The molecule has 3 aromatic rings. The number of hydrogen-bond donors (Lipinski definition) is 0. The summed E-state index contributed by atoms with van der Waals surface area (Å²) in [6, 6.07) is 17.8. The van der Waals surface area contributed by atoms with Crippen LogP contribution in [0.3, 0.4) is 0 Å². The van der Waals surface area contributed by atoms with E-state index in [2.05, 4.69) is 52.9 Å². The predicted molar refractivity (Wildman–Crippen MR) is 108 cm³/mol. The normalized spacial score (nSPS) is 10.8. The zero-order valence-electron chi connectivity index (χ0n) is 14.9. The second-order valence-corrected chi connectivity index (χ2v) is 7.81. The van der Waals surface area contributed by atoms with Gasteiger partial charge < -0.3 is 4.57 Å². The number of Topliss-reactive ketones (excluding diaryl/α,β-unsaturated/α-hetero) is 1. The molecule has 0 bridgehead atoms. The Bertz CT molecular complexity index is 861. The van der Waals surface area contributed by atoms with Crippen molar-refractivity contribution in [2.24, 2.45) is 0 Å². The van der Waals surface area contributed by atoms with Crippen LogP contribution in [-0.4, -0.2) is 26.3 Å². The van der Waals surface area contributed by atoms with E-state index in [1.165, 1.54) is 22.2 Å². The van der Waals surface area contributed by atoms with E-state index in [1.807, 2.05) is 30.3 Å². The third kappa shape index (κ3) is 4.77. The van der Waals surface area contributed by atoms with Gasteiger partial charge in [0.25, 0.3) is 0 Å². The van der Waals surface area contributed by atoms with Gasteiger partial charge in [-0.3, -0.25) is 4.79 Å². The summed E-state index contributed by atoms with van der Waals surface area (Å²) in [6.45, 7) is 4.95. The predicted octanol–water partition coefficient (Wildman–Crippen LogP) is 4.87. The average molecular weight is 384 g/mol. The lowest BCUT2D eigenvalue weighted by Gasteiger charge is -2.07. The van der Waals surface area contributed by atoms with Crippen molar-refractivity contribution in [3.63, 3.8) is 0 Å². The lowest BCUT2D eigenvalue weighted by atomic mass is 10.2. The molecule has 0 amide bonds. The Morgan fingerprint density at radius 1 is 1.00 bits per heavy atom. The number of nitrogens with zero attached hydrogens (tertiary/aromatic N) is 3. The van der Waals surface area contributed by atoms with E-state index in [1.54, 1.807) is 11.8 Å². The molecule has 0 saturated heterocycles. The fourth-order valence-electron chi connectivity index (χ4n) is 2.47. The van der Waals surface area contributed by atoms with Crippen LogP contribution in [-0.2, 0) is 12.3 Å². The van der Waals surface area contributed by atoms with Crippen LogP contribution < -0.4 is 0 Å². The molecule has 6 heteroatoms. The van der Waals surface area contributed by atoms with Gasteiger partial charge in [-0.15, -0.1) is 22.0 Å². The molecule has 0 N–H and O–H groups in total. The third-order valence-electron chi connectivity index (χ3n) is 3.93. The van der Waals surface area contributed by atoms with Gasteiger partial charge in [-0.25, -0.2) is 0 Å². The second-order valence-electron chi connectivity index (χ2n) is 5.82. The van der Waals surface area contributed by atoms with Gasteiger partial charge in [-0.2, -0.15) is 0 Å². The van der Waals surface area contributed by atoms with E-state index in [-0.39, 0.29) is 5.78 Å². The summed E-state index contributed by atoms with van der Waals surface area (Å²) in [4.78, 5) is 13.5. The van der Waals surface area contributed by atoms with E-state index < -0.39 is 0 Å². The quantitative estimate of drug-likeness (QED) is 0.410. The smallest absolute Gasteiger partial charge is 0.191 e. The Hall–Kier alpha value is -2.05. The van der Waals surface area contributed by atoms with E-state index in [9.17, 15) is 4.79 Å². The Morgan fingerprint density at radius 2 is 1.73 bits per heavy atom. The average Bonchev–Trinajstić information content (AvgIpc) is 3.08. The maximum absolute atomic E-state index is 12.3. The lowest BCUT2D eigenvalue weighted by molar-refractivity contribution is 0.102. The van der Waals surface area contributed by atoms with E-state index in [4.69, 9.17) is 0 Å². The van der Waals surface area contributed by atoms with Crippen molar-refractivity contribution in [1.29, 1.82) is 0 Å². The summed E-state index contributed by atoms with van der Waals surface area (Å²) >= 11 is 3.20. The number of rotatable bonds is 8. The lowest BCUT2D eigenvalue weighted by Crippen LogP contribution is -2.06. The summed E-state index contributed by atoms with van der Waals surface area (Å²) < 4.78 is 2.09. The fourth-order valence-corrected chi connectivity index (χ4v) is 4.22. The molecule has 2 aromatic carbocycles. The van der Waals surface area contributed by atoms with Crippen molar-refractivity contribution in [1.82, 2.24) is 14.8 Å². The molecular formula is C20H21N3OS2. The molecule has 0 aliphatic carbocycles. The van der Waals surface area contributed by atoms with Gasteiger partial charge in [-0.05, 0) is 26.0 Å². The standard InChI is InChI=1S/C20H21N3OS2/c1-3-23-19(14-25-17-11-9-15(2)10-12-17)21-22-20(23)26-13-18(24)16-7-5-4-6-8-16/h4-12H,3,13-14H2,1-2H3. The van der Waals surface area contributed by atoms with Gasteiger partial charge >= 0.3 is 0 Å². The SMILES string of the molecule is CCn1c(CSc2ccc(C)cc2)nnc1SCC(=O)c1ccccc1. The van der Waals surface area contributed by atoms with E-state index >= 15 is 0 Å². The number of carbonyl (C=O) groups is 1. The minimum Gasteiger partial charge on any atom is -0.306 e.